The van der Waals surface area contributed by atoms with Crippen LogP contribution in [0.25, 0.3) is 11.0 Å². The summed E-state index contributed by atoms with van der Waals surface area (Å²) in [5, 5.41) is 5.90. The number of nitrogens with one attached hydrogen (secondary N) is 2. The van der Waals surface area contributed by atoms with E-state index < -0.39 is 0 Å². The Kier molecular flexibility index (Phi) is 6.65. The van der Waals surface area contributed by atoms with Crippen molar-refractivity contribution in [3.63, 3.8) is 0 Å². The van der Waals surface area contributed by atoms with Gasteiger partial charge in [0.2, 0.25) is 0 Å². The van der Waals surface area contributed by atoms with Gasteiger partial charge in [-0.15, -0.1) is 0 Å². The Morgan fingerprint density at radius 2 is 1.73 bits per heavy atom. The van der Waals surface area contributed by atoms with Crippen molar-refractivity contribution in [2.24, 2.45) is 7.05 Å². The van der Waals surface area contributed by atoms with E-state index in [-0.39, 0.29) is 18.0 Å². The molecule has 1 aliphatic rings. The molecule has 1 aliphatic heterocycles. The first-order valence-corrected chi connectivity index (χ1v) is 11.4. The first kappa shape index (κ1) is 22.8. The molecule has 2 N–H and O–H groups in total. The minimum atomic E-state index is -0.0841. The first-order chi connectivity index (χ1) is 15.8. The van der Waals surface area contributed by atoms with Crippen molar-refractivity contribution in [3.05, 3.63) is 59.4 Å². The zero-order valence-electron chi connectivity index (χ0n) is 19.8. The molecule has 0 atom stereocenters. The van der Waals surface area contributed by atoms with Crippen molar-refractivity contribution in [1.29, 1.82) is 0 Å². The fourth-order valence-corrected chi connectivity index (χ4v) is 4.03. The molecule has 4 rings (SSSR count). The van der Waals surface area contributed by atoms with Gasteiger partial charge >= 0.3 is 6.03 Å². The van der Waals surface area contributed by atoms with Crippen LogP contribution >= 0.6 is 0 Å². The number of aryl methyl sites for hydroxylation is 2. The monoisotopic (exact) mass is 448 g/mol. The average Bonchev–Trinajstić information content (AvgIpc) is 3.10. The van der Waals surface area contributed by atoms with Crippen molar-refractivity contribution in [3.8, 4) is 0 Å². The summed E-state index contributed by atoms with van der Waals surface area (Å²) in [6.45, 7) is 9.52. The number of nitrogens with zero attached hydrogens (tertiary/aromatic N) is 4. The van der Waals surface area contributed by atoms with Crippen LogP contribution in [-0.2, 0) is 13.6 Å². The molecule has 174 valence electrons. The van der Waals surface area contributed by atoms with Gasteiger partial charge in [0.15, 0.2) is 0 Å². The second-order valence-electron chi connectivity index (χ2n) is 8.98. The van der Waals surface area contributed by atoms with Gasteiger partial charge in [-0.1, -0.05) is 17.7 Å². The molecule has 1 fully saturated rings. The molecule has 0 radical (unpaired) electrons. The number of rotatable bonds is 5. The minimum absolute atomic E-state index is 0.0616. The maximum absolute atomic E-state index is 12.6. The summed E-state index contributed by atoms with van der Waals surface area (Å²) >= 11 is 0. The SMILES string of the molecule is Cc1ccc(NC(=O)N2CCN(Cc3nc4cc(C(=O)NC(C)C)ccc4n3C)CC2)cc1. The number of carbonyl (C=O) groups is 2. The van der Waals surface area contributed by atoms with Gasteiger partial charge < -0.3 is 20.1 Å². The van der Waals surface area contributed by atoms with Crippen LogP contribution in [0.3, 0.4) is 0 Å². The summed E-state index contributed by atoms with van der Waals surface area (Å²) in [5.74, 6) is 0.864. The zero-order valence-corrected chi connectivity index (χ0v) is 19.8. The molecule has 1 aromatic heterocycles. The molecule has 3 aromatic rings. The molecule has 0 saturated carbocycles. The third-order valence-corrected chi connectivity index (χ3v) is 5.98. The molecule has 33 heavy (non-hydrogen) atoms. The van der Waals surface area contributed by atoms with Crippen LogP contribution in [0.4, 0.5) is 10.5 Å². The maximum atomic E-state index is 12.6. The third kappa shape index (κ3) is 5.34. The van der Waals surface area contributed by atoms with E-state index in [1.807, 2.05) is 75.2 Å². The summed E-state index contributed by atoms with van der Waals surface area (Å²) in [5.41, 5.74) is 4.42. The second kappa shape index (κ2) is 9.62. The van der Waals surface area contributed by atoms with Gasteiger partial charge in [0, 0.05) is 50.5 Å². The smallest absolute Gasteiger partial charge is 0.321 e. The Morgan fingerprint density at radius 3 is 2.39 bits per heavy atom. The largest absolute Gasteiger partial charge is 0.350 e. The second-order valence-corrected chi connectivity index (χ2v) is 8.98. The van der Waals surface area contributed by atoms with E-state index in [2.05, 4.69) is 20.1 Å². The lowest BCUT2D eigenvalue weighted by molar-refractivity contribution is 0.0943. The van der Waals surface area contributed by atoms with E-state index in [0.717, 1.165) is 35.6 Å². The van der Waals surface area contributed by atoms with Gasteiger partial charge in [0.05, 0.1) is 17.6 Å². The molecular formula is C25H32N6O2. The predicted octanol–water partition coefficient (Wildman–Crippen LogP) is 3.37. The highest BCUT2D eigenvalue weighted by Crippen LogP contribution is 2.19. The molecule has 2 heterocycles. The van der Waals surface area contributed by atoms with Gasteiger partial charge in [-0.05, 0) is 51.1 Å². The summed E-state index contributed by atoms with van der Waals surface area (Å²) < 4.78 is 2.08. The molecule has 8 heteroatoms. The van der Waals surface area contributed by atoms with E-state index in [1.165, 1.54) is 5.56 Å². The van der Waals surface area contributed by atoms with E-state index in [0.29, 0.717) is 25.2 Å². The summed E-state index contributed by atoms with van der Waals surface area (Å²) in [6, 6.07) is 13.5. The molecular weight excluding hydrogens is 416 g/mol. The number of piperazine rings is 1. The molecule has 0 aliphatic carbocycles. The van der Waals surface area contributed by atoms with E-state index in [9.17, 15) is 9.59 Å². The van der Waals surface area contributed by atoms with Crippen LogP contribution in [0.15, 0.2) is 42.5 Å². The molecule has 0 spiro atoms. The first-order valence-electron chi connectivity index (χ1n) is 11.4. The summed E-state index contributed by atoms with van der Waals surface area (Å²) in [4.78, 5) is 33.9. The topological polar surface area (TPSA) is 82.5 Å². The minimum Gasteiger partial charge on any atom is -0.350 e. The molecule has 1 saturated heterocycles. The van der Waals surface area contributed by atoms with Crippen LogP contribution in [-0.4, -0.2) is 63.5 Å². The Bertz CT molecular complexity index is 1140. The van der Waals surface area contributed by atoms with Gasteiger partial charge in [-0.3, -0.25) is 9.69 Å². The van der Waals surface area contributed by atoms with Gasteiger partial charge in [0.1, 0.15) is 5.82 Å². The average molecular weight is 449 g/mol. The van der Waals surface area contributed by atoms with Crippen LogP contribution in [0.5, 0.6) is 0 Å². The van der Waals surface area contributed by atoms with E-state index in [1.54, 1.807) is 0 Å². The molecule has 0 unspecified atom stereocenters. The van der Waals surface area contributed by atoms with Crippen LogP contribution in [0.1, 0.15) is 35.6 Å². The number of imidazole rings is 1. The number of aromatic nitrogens is 2. The summed E-state index contributed by atoms with van der Waals surface area (Å²) in [6.07, 6.45) is 0. The lowest BCUT2D eigenvalue weighted by atomic mass is 10.2. The van der Waals surface area contributed by atoms with Gasteiger partial charge in [-0.25, -0.2) is 9.78 Å². The quantitative estimate of drug-likeness (QED) is 0.627. The van der Waals surface area contributed by atoms with Gasteiger partial charge in [0.25, 0.3) is 5.91 Å². The highest BCUT2D eigenvalue weighted by atomic mass is 16.2. The lowest BCUT2D eigenvalue weighted by Crippen LogP contribution is -2.49. The Hall–Kier alpha value is -3.39. The summed E-state index contributed by atoms with van der Waals surface area (Å²) in [7, 11) is 2.00. The molecule has 8 nitrogen and oxygen atoms in total. The van der Waals surface area contributed by atoms with Gasteiger partial charge in [-0.2, -0.15) is 0 Å². The Morgan fingerprint density at radius 1 is 1.03 bits per heavy atom. The normalized spacial score (nSPS) is 14.6. The van der Waals surface area contributed by atoms with Crippen LogP contribution in [0, 0.1) is 6.92 Å². The van der Waals surface area contributed by atoms with Crippen LogP contribution < -0.4 is 10.6 Å². The number of urea groups is 1. The molecule has 3 amide bonds. The van der Waals surface area contributed by atoms with Crippen LogP contribution in [0.2, 0.25) is 0 Å². The third-order valence-electron chi connectivity index (χ3n) is 5.98. The molecule has 0 bridgehead atoms. The maximum Gasteiger partial charge on any atom is 0.321 e. The highest BCUT2D eigenvalue weighted by molar-refractivity contribution is 5.97. The predicted molar refractivity (Wildman–Crippen MR) is 130 cm³/mol. The number of hydrogen-bond donors (Lipinski definition) is 2. The van der Waals surface area contributed by atoms with Crippen molar-refractivity contribution in [2.75, 3.05) is 31.5 Å². The molecule has 2 aromatic carbocycles. The van der Waals surface area contributed by atoms with E-state index >= 15 is 0 Å². The Labute approximate surface area is 194 Å². The highest BCUT2D eigenvalue weighted by Gasteiger charge is 2.23. The number of benzene rings is 2. The van der Waals surface area contributed by atoms with Crippen molar-refractivity contribution >= 4 is 28.7 Å². The van der Waals surface area contributed by atoms with Crippen molar-refractivity contribution < 1.29 is 9.59 Å². The number of amides is 3. The van der Waals surface area contributed by atoms with Crippen molar-refractivity contribution in [2.45, 2.75) is 33.4 Å². The fourth-order valence-electron chi connectivity index (χ4n) is 4.03. The van der Waals surface area contributed by atoms with Crippen molar-refractivity contribution in [1.82, 2.24) is 24.7 Å². The number of fused-ring (bicyclic) bond motifs is 1. The van der Waals surface area contributed by atoms with E-state index in [4.69, 9.17) is 4.98 Å². The number of anilines is 1. The zero-order chi connectivity index (χ0) is 23.5. The number of hydrogen-bond acceptors (Lipinski definition) is 4. The fraction of sp³-hybridized carbons (Fsp3) is 0.400. The standard InChI is InChI=1S/C25H32N6O2/c1-17(2)26-24(32)19-7-10-22-21(15-19)28-23(29(22)4)16-30-11-13-31(14-12-30)25(33)27-20-8-5-18(3)6-9-20/h5-10,15,17H,11-14,16H2,1-4H3,(H,26,32)(H,27,33). The lowest BCUT2D eigenvalue weighted by Gasteiger charge is -2.34. The Balaban J connectivity index is 1.36. The number of carbonyl (C=O) groups excluding carboxylic acids is 2.